The van der Waals surface area contributed by atoms with Crippen LogP contribution in [-0.2, 0) is 10.0 Å². The molecule has 0 bridgehead atoms. The van der Waals surface area contributed by atoms with E-state index in [1.165, 1.54) is 29.5 Å². The third-order valence-corrected chi connectivity index (χ3v) is 7.07. The van der Waals surface area contributed by atoms with Crippen LogP contribution in [0.15, 0.2) is 57.8 Å². The van der Waals surface area contributed by atoms with Crippen molar-refractivity contribution in [2.45, 2.75) is 35.3 Å². The molecule has 0 spiro atoms. The lowest BCUT2D eigenvalue weighted by molar-refractivity contribution is 0.102. The smallest absolute Gasteiger partial charge is 0.261 e. The number of anilines is 2. The molecule has 0 radical (unpaired) electrons. The van der Waals surface area contributed by atoms with Gasteiger partial charge in [0.1, 0.15) is 0 Å². The predicted octanol–water partition coefficient (Wildman–Crippen LogP) is 4.40. The summed E-state index contributed by atoms with van der Waals surface area (Å²) in [5.74, 6) is -0.387. The van der Waals surface area contributed by atoms with E-state index in [1.54, 1.807) is 49.0 Å². The number of carbonyl (C=O) groups is 1. The molecule has 0 fully saturated rings. The second-order valence-corrected chi connectivity index (χ2v) is 10.9. The molecule has 1 heterocycles. The van der Waals surface area contributed by atoms with Crippen molar-refractivity contribution in [2.75, 3.05) is 10.0 Å². The van der Waals surface area contributed by atoms with Crippen molar-refractivity contribution in [3.8, 4) is 0 Å². The highest BCUT2D eigenvalue weighted by Gasteiger charge is 2.17. The summed E-state index contributed by atoms with van der Waals surface area (Å²) in [4.78, 5) is 12.7. The first-order valence-electron chi connectivity index (χ1n) is 8.74. The minimum Gasteiger partial charge on any atom is -0.296 e. The van der Waals surface area contributed by atoms with Gasteiger partial charge in [-0.25, -0.2) is 8.42 Å². The Bertz CT molecular complexity index is 1110. The van der Waals surface area contributed by atoms with Crippen LogP contribution in [0.5, 0.6) is 0 Å². The molecule has 29 heavy (non-hydrogen) atoms. The van der Waals surface area contributed by atoms with Crippen LogP contribution in [0.2, 0.25) is 0 Å². The normalized spacial score (nSPS) is 11.4. The number of amides is 1. The first kappa shape index (κ1) is 21.3. The molecule has 3 rings (SSSR count). The second-order valence-electron chi connectivity index (χ2n) is 6.44. The Balaban J connectivity index is 1.78. The summed E-state index contributed by atoms with van der Waals surface area (Å²) >= 11 is 2.86. The predicted molar refractivity (Wildman–Crippen MR) is 117 cm³/mol. The molecule has 0 aliphatic heterocycles. The number of nitrogens with one attached hydrogen (secondary N) is 2. The summed E-state index contributed by atoms with van der Waals surface area (Å²) in [5.41, 5.74) is 1.36. The van der Waals surface area contributed by atoms with Gasteiger partial charge in [0, 0.05) is 10.8 Å². The molecule has 0 saturated carbocycles. The van der Waals surface area contributed by atoms with Crippen LogP contribution >= 0.6 is 23.1 Å². The highest BCUT2D eigenvalue weighted by Crippen LogP contribution is 2.29. The molecule has 2 N–H and O–H groups in total. The molecule has 0 saturated heterocycles. The van der Waals surface area contributed by atoms with Gasteiger partial charge in [-0.05, 0) is 36.8 Å². The molecule has 0 aliphatic carbocycles. The molecule has 0 atom stereocenters. The highest BCUT2D eigenvalue weighted by atomic mass is 32.2. The van der Waals surface area contributed by atoms with Crippen LogP contribution in [0.4, 0.5) is 10.8 Å². The first-order chi connectivity index (χ1) is 13.7. The molecular formula is C19H20N4O3S3. The van der Waals surface area contributed by atoms with Crippen molar-refractivity contribution in [3.05, 3.63) is 59.7 Å². The summed E-state index contributed by atoms with van der Waals surface area (Å²) in [7, 11) is -3.75. The molecule has 1 amide bonds. The van der Waals surface area contributed by atoms with Gasteiger partial charge in [0.15, 0.2) is 4.34 Å². The first-order valence-corrected chi connectivity index (χ1v) is 11.9. The van der Waals surface area contributed by atoms with E-state index >= 15 is 0 Å². The number of carbonyl (C=O) groups excluding carboxylic acids is 1. The zero-order valence-corrected chi connectivity index (χ0v) is 18.5. The molecule has 2 aromatic carbocycles. The summed E-state index contributed by atoms with van der Waals surface area (Å²) in [6.07, 6.45) is 0. The van der Waals surface area contributed by atoms with E-state index < -0.39 is 10.0 Å². The Morgan fingerprint density at radius 2 is 1.83 bits per heavy atom. The van der Waals surface area contributed by atoms with E-state index in [1.807, 2.05) is 0 Å². The summed E-state index contributed by atoms with van der Waals surface area (Å²) in [6, 6.07) is 12.9. The average Bonchev–Trinajstić information content (AvgIpc) is 3.10. The van der Waals surface area contributed by atoms with Gasteiger partial charge in [0.25, 0.3) is 15.9 Å². The minimum atomic E-state index is -3.75. The van der Waals surface area contributed by atoms with Gasteiger partial charge >= 0.3 is 0 Å². The van der Waals surface area contributed by atoms with Crippen LogP contribution in [0.25, 0.3) is 0 Å². The molecule has 7 nitrogen and oxygen atoms in total. The highest BCUT2D eigenvalue weighted by molar-refractivity contribution is 8.01. The average molecular weight is 449 g/mol. The lowest BCUT2D eigenvalue weighted by Crippen LogP contribution is -2.16. The van der Waals surface area contributed by atoms with Crippen molar-refractivity contribution in [3.63, 3.8) is 0 Å². The quantitative estimate of drug-likeness (QED) is 0.410. The zero-order chi connectivity index (χ0) is 21.0. The standard InChI is InChI=1S/C19H20N4O3S3/c1-12(2)27-19-22-21-18(28-19)20-17(24)14-10-9-13(3)16(11-14)23-29(25,26)15-7-5-4-6-8-15/h4-12,23H,1-3H3,(H,20,21,24). The van der Waals surface area contributed by atoms with E-state index in [4.69, 9.17) is 0 Å². The van der Waals surface area contributed by atoms with E-state index in [-0.39, 0.29) is 10.8 Å². The fourth-order valence-corrected chi connectivity index (χ4v) is 5.47. The number of sulfonamides is 1. The number of benzene rings is 2. The number of hydrogen-bond acceptors (Lipinski definition) is 7. The lowest BCUT2D eigenvalue weighted by Gasteiger charge is -2.12. The van der Waals surface area contributed by atoms with E-state index in [2.05, 4.69) is 34.1 Å². The molecule has 10 heteroatoms. The van der Waals surface area contributed by atoms with E-state index in [0.717, 1.165) is 4.34 Å². The zero-order valence-electron chi connectivity index (χ0n) is 16.0. The van der Waals surface area contributed by atoms with Gasteiger partial charge in [-0.15, -0.1) is 10.2 Å². The summed E-state index contributed by atoms with van der Waals surface area (Å²) in [5, 5.41) is 11.5. The van der Waals surface area contributed by atoms with E-state index in [0.29, 0.717) is 27.2 Å². The molecule has 1 aromatic heterocycles. The summed E-state index contributed by atoms with van der Waals surface area (Å²) < 4.78 is 28.5. The van der Waals surface area contributed by atoms with Crippen molar-refractivity contribution < 1.29 is 13.2 Å². The largest absolute Gasteiger partial charge is 0.296 e. The number of nitrogens with zero attached hydrogens (tertiary/aromatic N) is 2. The maximum absolute atomic E-state index is 12.6. The topological polar surface area (TPSA) is 101 Å². The minimum absolute atomic E-state index is 0.151. The van der Waals surface area contributed by atoms with Gasteiger partial charge in [-0.3, -0.25) is 14.8 Å². The number of aromatic nitrogens is 2. The Morgan fingerprint density at radius 1 is 1.10 bits per heavy atom. The van der Waals surface area contributed by atoms with Crippen LogP contribution < -0.4 is 10.0 Å². The van der Waals surface area contributed by atoms with Gasteiger partial charge in [0.2, 0.25) is 5.13 Å². The van der Waals surface area contributed by atoms with E-state index in [9.17, 15) is 13.2 Å². The molecule has 0 unspecified atom stereocenters. The van der Waals surface area contributed by atoms with Gasteiger partial charge in [-0.1, -0.05) is 61.2 Å². The van der Waals surface area contributed by atoms with Crippen LogP contribution in [0, 0.1) is 6.92 Å². The maximum atomic E-state index is 12.6. The Morgan fingerprint density at radius 3 is 2.52 bits per heavy atom. The van der Waals surface area contributed by atoms with Crippen molar-refractivity contribution in [1.29, 1.82) is 0 Å². The maximum Gasteiger partial charge on any atom is 0.261 e. The van der Waals surface area contributed by atoms with Crippen LogP contribution in [0.1, 0.15) is 29.8 Å². The third-order valence-electron chi connectivity index (χ3n) is 3.76. The van der Waals surface area contributed by atoms with Crippen molar-refractivity contribution >= 4 is 49.8 Å². The van der Waals surface area contributed by atoms with Gasteiger partial charge < -0.3 is 0 Å². The molecule has 3 aromatic rings. The SMILES string of the molecule is Cc1ccc(C(=O)Nc2nnc(SC(C)C)s2)cc1NS(=O)(=O)c1ccccc1. The molecule has 152 valence electrons. The van der Waals surface area contributed by atoms with Crippen LogP contribution in [0.3, 0.4) is 0 Å². The lowest BCUT2D eigenvalue weighted by atomic mass is 10.1. The number of rotatable bonds is 7. The number of aryl methyl sites for hydroxylation is 1. The molecular weight excluding hydrogens is 428 g/mol. The fourth-order valence-electron chi connectivity index (χ4n) is 2.36. The monoisotopic (exact) mass is 448 g/mol. The van der Waals surface area contributed by atoms with Crippen molar-refractivity contribution in [1.82, 2.24) is 10.2 Å². The summed E-state index contributed by atoms with van der Waals surface area (Å²) in [6.45, 7) is 5.87. The van der Waals surface area contributed by atoms with Crippen molar-refractivity contribution in [2.24, 2.45) is 0 Å². The molecule has 0 aliphatic rings. The van der Waals surface area contributed by atoms with Gasteiger partial charge in [0.05, 0.1) is 10.6 Å². The van der Waals surface area contributed by atoms with Crippen LogP contribution in [-0.4, -0.2) is 29.8 Å². The fraction of sp³-hybridized carbons (Fsp3) is 0.211. The number of hydrogen-bond donors (Lipinski definition) is 2. The van der Waals surface area contributed by atoms with Gasteiger partial charge in [-0.2, -0.15) is 0 Å². The Kier molecular flexibility index (Phi) is 6.56. The third kappa shape index (κ3) is 5.55. The number of thioether (sulfide) groups is 1. The second kappa shape index (κ2) is 8.93. The Labute approximate surface area is 178 Å². The Hall–Kier alpha value is -2.43.